The number of benzene rings is 1. The molecule has 6 heteroatoms. The predicted molar refractivity (Wildman–Crippen MR) is 72.3 cm³/mol. The highest BCUT2D eigenvalue weighted by molar-refractivity contribution is 5.85. The molecule has 3 N–H and O–H groups in total. The molecule has 0 saturated heterocycles. The molecule has 1 aromatic heterocycles. The molecule has 0 saturated carbocycles. The standard InChI is InChI=1S/C12H15N3O2.ClH/c1-16-11-4-3-8(5-12(11)17-2)10-6-9(7-13)14-15-10;/h3-6H,7,13H2,1-2H3,(H,14,15);1H. The summed E-state index contributed by atoms with van der Waals surface area (Å²) in [4.78, 5) is 0. The third-order valence-electron chi connectivity index (χ3n) is 2.53. The monoisotopic (exact) mass is 269 g/mol. The predicted octanol–water partition coefficient (Wildman–Crippen LogP) is 1.97. The van der Waals surface area contributed by atoms with E-state index in [2.05, 4.69) is 10.2 Å². The fourth-order valence-electron chi connectivity index (χ4n) is 1.61. The number of ether oxygens (including phenoxy) is 2. The molecule has 0 unspecified atom stereocenters. The Labute approximate surface area is 112 Å². The van der Waals surface area contributed by atoms with Crippen LogP contribution in [0.4, 0.5) is 0 Å². The van der Waals surface area contributed by atoms with Gasteiger partial charge in [-0.3, -0.25) is 5.10 Å². The van der Waals surface area contributed by atoms with Crippen LogP contribution in [-0.2, 0) is 6.54 Å². The number of aromatic nitrogens is 2. The molecular formula is C12H16ClN3O2. The van der Waals surface area contributed by atoms with Crippen LogP contribution < -0.4 is 15.2 Å². The van der Waals surface area contributed by atoms with Gasteiger partial charge in [0.15, 0.2) is 11.5 Å². The van der Waals surface area contributed by atoms with Gasteiger partial charge in [0.05, 0.1) is 19.9 Å². The lowest BCUT2D eigenvalue weighted by Crippen LogP contribution is -1.95. The van der Waals surface area contributed by atoms with E-state index in [9.17, 15) is 0 Å². The van der Waals surface area contributed by atoms with Gasteiger partial charge in [-0.15, -0.1) is 12.4 Å². The summed E-state index contributed by atoms with van der Waals surface area (Å²) in [6.07, 6.45) is 0. The molecule has 0 amide bonds. The van der Waals surface area contributed by atoms with Crippen LogP contribution in [0.15, 0.2) is 24.3 Å². The number of methoxy groups -OCH3 is 2. The lowest BCUT2D eigenvalue weighted by molar-refractivity contribution is 0.355. The third-order valence-corrected chi connectivity index (χ3v) is 2.53. The molecular weight excluding hydrogens is 254 g/mol. The second kappa shape index (κ2) is 6.28. The molecule has 5 nitrogen and oxygen atoms in total. The maximum absolute atomic E-state index is 5.53. The lowest BCUT2D eigenvalue weighted by Gasteiger charge is -2.08. The first-order valence-electron chi connectivity index (χ1n) is 5.25. The molecule has 0 aliphatic carbocycles. The first kappa shape index (κ1) is 14.3. The molecule has 1 aromatic carbocycles. The highest BCUT2D eigenvalue weighted by atomic mass is 35.5. The first-order valence-corrected chi connectivity index (χ1v) is 5.25. The van der Waals surface area contributed by atoms with Gasteiger partial charge in [0, 0.05) is 17.8 Å². The summed E-state index contributed by atoms with van der Waals surface area (Å²) in [7, 11) is 3.22. The average molecular weight is 270 g/mol. The number of aromatic amines is 1. The van der Waals surface area contributed by atoms with Gasteiger partial charge in [0.1, 0.15) is 0 Å². The van der Waals surface area contributed by atoms with Crippen LogP contribution in [0, 0.1) is 0 Å². The molecule has 0 radical (unpaired) electrons. The van der Waals surface area contributed by atoms with E-state index in [1.54, 1.807) is 14.2 Å². The smallest absolute Gasteiger partial charge is 0.161 e. The van der Waals surface area contributed by atoms with Crippen LogP contribution in [0.2, 0.25) is 0 Å². The molecule has 0 bridgehead atoms. The molecule has 0 aliphatic heterocycles. The zero-order valence-electron chi connectivity index (χ0n) is 10.3. The summed E-state index contributed by atoms with van der Waals surface area (Å²) >= 11 is 0. The van der Waals surface area contributed by atoms with Crippen molar-refractivity contribution in [1.82, 2.24) is 10.2 Å². The Morgan fingerprint density at radius 1 is 1.17 bits per heavy atom. The van der Waals surface area contributed by atoms with Crippen molar-refractivity contribution in [3.8, 4) is 22.8 Å². The third kappa shape index (κ3) is 2.75. The molecule has 1 heterocycles. The maximum Gasteiger partial charge on any atom is 0.161 e. The van der Waals surface area contributed by atoms with Crippen LogP contribution in [0.5, 0.6) is 11.5 Å². The van der Waals surface area contributed by atoms with Crippen LogP contribution in [0.3, 0.4) is 0 Å². The van der Waals surface area contributed by atoms with Crippen molar-refractivity contribution in [3.05, 3.63) is 30.0 Å². The minimum absolute atomic E-state index is 0. The van der Waals surface area contributed by atoms with E-state index in [0.717, 1.165) is 17.0 Å². The molecule has 18 heavy (non-hydrogen) atoms. The molecule has 0 atom stereocenters. The second-order valence-corrected chi connectivity index (χ2v) is 3.55. The van der Waals surface area contributed by atoms with E-state index >= 15 is 0 Å². The minimum Gasteiger partial charge on any atom is -0.493 e. The summed E-state index contributed by atoms with van der Waals surface area (Å²) in [6.45, 7) is 0.445. The van der Waals surface area contributed by atoms with Gasteiger partial charge in [-0.05, 0) is 24.3 Å². The Morgan fingerprint density at radius 2 is 1.89 bits per heavy atom. The second-order valence-electron chi connectivity index (χ2n) is 3.55. The number of halogens is 1. The van der Waals surface area contributed by atoms with Crippen molar-refractivity contribution in [1.29, 1.82) is 0 Å². The first-order chi connectivity index (χ1) is 8.28. The van der Waals surface area contributed by atoms with E-state index in [-0.39, 0.29) is 12.4 Å². The number of hydrogen-bond acceptors (Lipinski definition) is 4. The van der Waals surface area contributed by atoms with Crippen LogP contribution in [0.1, 0.15) is 5.69 Å². The fraction of sp³-hybridized carbons (Fsp3) is 0.250. The van der Waals surface area contributed by atoms with Crippen molar-refractivity contribution in [2.24, 2.45) is 5.73 Å². The normalized spacial score (nSPS) is 9.72. The van der Waals surface area contributed by atoms with Crippen molar-refractivity contribution < 1.29 is 9.47 Å². The van der Waals surface area contributed by atoms with Crippen LogP contribution in [-0.4, -0.2) is 24.4 Å². The highest BCUT2D eigenvalue weighted by Gasteiger charge is 2.08. The van der Waals surface area contributed by atoms with Crippen molar-refractivity contribution in [3.63, 3.8) is 0 Å². The van der Waals surface area contributed by atoms with Crippen molar-refractivity contribution >= 4 is 12.4 Å². The van der Waals surface area contributed by atoms with E-state index in [0.29, 0.717) is 18.0 Å². The quantitative estimate of drug-likeness (QED) is 0.890. The molecule has 2 aromatic rings. The van der Waals surface area contributed by atoms with Gasteiger partial charge in [-0.25, -0.2) is 0 Å². The number of hydrogen-bond donors (Lipinski definition) is 2. The number of rotatable bonds is 4. The summed E-state index contributed by atoms with van der Waals surface area (Å²) in [5.41, 5.74) is 8.22. The molecule has 0 fully saturated rings. The van der Waals surface area contributed by atoms with E-state index in [1.807, 2.05) is 24.3 Å². The Morgan fingerprint density at radius 3 is 2.44 bits per heavy atom. The number of nitrogens with zero attached hydrogens (tertiary/aromatic N) is 1. The Balaban J connectivity index is 0.00000162. The summed E-state index contributed by atoms with van der Waals surface area (Å²) < 4.78 is 10.4. The van der Waals surface area contributed by atoms with Crippen molar-refractivity contribution in [2.75, 3.05) is 14.2 Å². The molecule has 0 aliphatic rings. The zero-order valence-corrected chi connectivity index (χ0v) is 11.1. The SMILES string of the molecule is COc1ccc(-c2cc(CN)[nH]n2)cc1OC.Cl. The van der Waals surface area contributed by atoms with Gasteiger partial charge >= 0.3 is 0 Å². The summed E-state index contributed by atoms with van der Waals surface area (Å²) in [5, 5.41) is 7.06. The van der Waals surface area contributed by atoms with E-state index in [4.69, 9.17) is 15.2 Å². The number of H-pyrrole nitrogens is 1. The Hall–Kier alpha value is -1.72. The Kier molecular flexibility index (Phi) is 5.00. The zero-order chi connectivity index (χ0) is 12.3. The fourth-order valence-corrected chi connectivity index (χ4v) is 1.61. The van der Waals surface area contributed by atoms with Gasteiger partial charge in [0.2, 0.25) is 0 Å². The molecule has 2 rings (SSSR count). The average Bonchev–Trinajstić information content (AvgIpc) is 2.86. The van der Waals surface area contributed by atoms with Crippen LogP contribution >= 0.6 is 12.4 Å². The van der Waals surface area contributed by atoms with E-state index < -0.39 is 0 Å². The van der Waals surface area contributed by atoms with Gasteiger partial charge in [0.25, 0.3) is 0 Å². The Bertz CT molecular complexity index is 514. The topological polar surface area (TPSA) is 73.2 Å². The van der Waals surface area contributed by atoms with Gasteiger partial charge in [-0.2, -0.15) is 5.10 Å². The number of nitrogens with two attached hydrogens (primary N) is 1. The summed E-state index contributed by atoms with van der Waals surface area (Å²) in [6, 6.07) is 7.58. The van der Waals surface area contributed by atoms with Gasteiger partial charge < -0.3 is 15.2 Å². The number of nitrogens with one attached hydrogen (secondary N) is 1. The molecule has 98 valence electrons. The largest absolute Gasteiger partial charge is 0.493 e. The summed E-state index contributed by atoms with van der Waals surface area (Å²) in [5.74, 6) is 1.38. The lowest BCUT2D eigenvalue weighted by atomic mass is 10.1. The maximum atomic E-state index is 5.53. The van der Waals surface area contributed by atoms with Crippen molar-refractivity contribution in [2.45, 2.75) is 6.54 Å². The van der Waals surface area contributed by atoms with Crippen LogP contribution in [0.25, 0.3) is 11.3 Å². The molecule has 0 spiro atoms. The minimum atomic E-state index is 0. The van der Waals surface area contributed by atoms with Gasteiger partial charge in [-0.1, -0.05) is 0 Å². The van der Waals surface area contributed by atoms with E-state index in [1.165, 1.54) is 0 Å². The highest BCUT2D eigenvalue weighted by Crippen LogP contribution is 2.31.